The van der Waals surface area contributed by atoms with Gasteiger partial charge in [-0.25, -0.2) is 8.78 Å². The van der Waals surface area contributed by atoms with E-state index in [4.69, 9.17) is 5.73 Å². The van der Waals surface area contributed by atoms with Crippen molar-refractivity contribution in [3.8, 4) is 0 Å². The fraction of sp³-hybridized carbons (Fsp3) is 0.500. The summed E-state index contributed by atoms with van der Waals surface area (Å²) in [4.78, 5) is 14.0. The Morgan fingerprint density at radius 3 is 2.74 bits per heavy atom. The molecule has 1 saturated heterocycles. The van der Waals surface area contributed by atoms with E-state index in [1.807, 2.05) is 13.8 Å². The largest absolute Gasteiger partial charge is 0.333 e. The van der Waals surface area contributed by atoms with Crippen LogP contribution in [-0.4, -0.2) is 28.9 Å². The minimum absolute atomic E-state index is 0.0383. The van der Waals surface area contributed by atoms with Crippen LogP contribution in [-0.2, 0) is 0 Å². The number of rotatable bonds is 1. The van der Waals surface area contributed by atoms with Gasteiger partial charge in [0.05, 0.1) is 5.56 Å². The van der Waals surface area contributed by atoms with Crippen LogP contribution in [0.25, 0.3) is 0 Å². The van der Waals surface area contributed by atoms with Crippen LogP contribution in [0.2, 0.25) is 0 Å². The van der Waals surface area contributed by atoms with E-state index in [1.54, 1.807) is 4.90 Å². The molecule has 104 valence electrons. The first kappa shape index (κ1) is 13.9. The summed E-state index contributed by atoms with van der Waals surface area (Å²) in [6.07, 6.45) is 1.32. The van der Waals surface area contributed by atoms with Gasteiger partial charge in [0, 0.05) is 18.1 Å². The van der Waals surface area contributed by atoms with Crippen LogP contribution in [0.5, 0.6) is 0 Å². The van der Waals surface area contributed by atoms with Crippen molar-refractivity contribution in [2.75, 3.05) is 6.54 Å². The first-order chi connectivity index (χ1) is 8.81. The molecule has 3 nitrogen and oxygen atoms in total. The van der Waals surface area contributed by atoms with Crippen LogP contribution in [0.15, 0.2) is 18.2 Å². The lowest BCUT2D eigenvalue weighted by Crippen LogP contribution is -2.55. The molecule has 1 aromatic rings. The molecule has 1 aliphatic rings. The van der Waals surface area contributed by atoms with Gasteiger partial charge in [-0.15, -0.1) is 0 Å². The highest BCUT2D eigenvalue weighted by atomic mass is 19.1. The number of hydrogen-bond donors (Lipinski definition) is 1. The molecule has 19 heavy (non-hydrogen) atoms. The number of halogens is 2. The van der Waals surface area contributed by atoms with Crippen molar-refractivity contribution in [1.82, 2.24) is 4.90 Å². The summed E-state index contributed by atoms with van der Waals surface area (Å²) in [6, 6.07) is 2.97. The Balaban J connectivity index is 2.31. The average molecular weight is 268 g/mol. The average Bonchev–Trinajstić information content (AvgIpc) is 2.30. The highest BCUT2D eigenvalue weighted by Gasteiger charge is 2.37. The van der Waals surface area contributed by atoms with Gasteiger partial charge in [0.1, 0.15) is 11.6 Å². The van der Waals surface area contributed by atoms with Gasteiger partial charge in [-0.2, -0.15) is 0 Å². The molecule has 0 bridgehead atoms. The van der Waals surface area contributed by atoms with Crippen molar-refractivity contribution in [2.45, 2.75) is 38.3 Å². The highest BCUT2D eigenvalue weighted by molar-refractivity contribution is 5.95. The van der Waals surface area contributed by atoms with E-state index in [2.05, 4.69) is 0 Å². The van der Waals surface area contributed by atoms with Crippen molar-refractivity contribution in [3.05, 3.63) is 35.4 Å². The fourth-order valence-corrected chi connectivity index (χ4v) is 2.63. The molecule has 0 aromatic heterocycles. The van der Waals surface area contributed by atoms with Crippen LogP contribution in [0.4, 0.5) is 8.78 Å². The standard InChI is InChI=1S/C14H18F2N2O/c1-14(2)8-10(17)5-6-18(14)13(19)11-7-9(15)3-4-12(11)16/h3-4,7,10H,5-6,8,17H2,1-2H3. The molecule has 5 heteroatoms. The Morgan fingerprint density at radius 2 is 2.11 bits per heavy atom. The SMILES string of the molecule is CC1(C)CC(N)CCN1C(=O)c1cc(F)ccc1F. The van der Waals surface area contributed by atoms with Crippen molar-refractivity contribution >= 4 is 5.91 Å². The molecule has 1 aliphatic heterocycles. The summed E-state index contributed by atoms with van der Waals surface area (Å²) in [6.45, 7) is 4.24. The zero-order chi connectivity index (χ0) is 14.2. The second kappa shape index (κ2) is 4.89. The highest BCUT2D eigenvalue weighted by Crippen LogP contribution is 2.29. The molecule has 1 unspecified atom stereocenters. The lowest BCUT2D eigenvalue weighted by Gasteiger charge is -2.44. The molecule has 2 rings (SSSR count). The molecule has 1 atom stereocenters. The van der Waals surface area contributed by atoms with Gasteiger partial charge in [0.25, 0.3) is 5.91 Å². The number of piperidine rings is 1. The zero-order valence-corrected chi connectivity index (χ0v) is 11.1. The van der Waals surface area contributed by atoms with E-state index in [0.29, 0.717) is 19.4 Å². The third-order valence-corrected chi connectivity index (χ3v) is 3.62. The number of nitrogens with zero attached hydrogens (tertiary/aromatic N) is 1. The molecule has 1 fully saturated rings. The van der Waals surface area contributed by atoms with Crippen LogP contribution >= 0.6 is 0 Å². The Labute approximate surface area is 111 Å². The van der Waals surface area contributed by atoms with E-state index >= 15 is 0 Å². The molecule has 0 spiro atoms. The van der Waals surface area contributed by atoms with E-state index in [-0.39, 0.29) is 11.6 Å². The summed E-state index contributed by atoms with van der Waals surface area (Å²) >= 11 is 0. The number of carbonyl (C=O) groups excluding carboxylic acids is 1. The Morgan fingerprint density at radius 1 is 1.42 bits per heavy atom. The Bertz CT molecular complexity index is 502. The third-order valence-electron chi connectivity index (χ3n) is 3.62. The quantitative estimate of drug-likeness (QED) is 0.849. The normalized spacial score (nSPS) is 22.4. The smallest absolute Gasteiger partial charge is 0.257 e. The van der Waals surface area contributed by atoms with Crippen LogP contribution in [0.3, 0.4) is 0 Å². The predicted octanol–water partition coefficient (Wildman–Crippen LogP) is 2.31. The minimum Gasteiger partial charge on any atom is -0.333 e. The fourth-order valence-electron chi connectivity index (χ4n) is 2.63. The van der Waals surface area contributed by atoms with Gasteiger partial charge in [-0.05, 0) is 44.9 Å². The minimum atomic E-state index is -0.697. The molecule has 1 heterocycles. The molecular weight excluding hydrogens is 250 g/mol. The molecule has 1 amide bonds. The van der Waals surface area contributed by atoms with Gasteiger partial charge in [0.2, 0.25) is 0 Å². The van der Waals surface area contributed by atoms with E-state index in [9.17, 15) is 13.6 Å². The van der Waals surface area contributed by atoms with Crippen LogP contribution in [0, 0.1) is 11.6 Å². The molecule has 0 saturated carbocycles. The summed E-state index contributed by atoms with van der Waals surface area (Å²) in [5, 5.41) is 0. The van der Waals surface area contributed by atoms with Gasteiger partial charge in [0.15, 0.2) is 0 Å². The number of nitrogens with two attached hydrogens (primary N) is 1. The number of hydrogen-bond acceptors (Lipinski definition) is 2. The third kappa shape index (κ3) is 2.76. The van der Waals surface area contributed by atoms with Gasteiger partial charge < -0.3 is 10.6 Å². The summed E-state index contributed by atoms with van der Waals surface area (Å²) < 4.78 is 26.8. The van der Waals surface area contributed by atoms with E-state index < -0.39 is 23.1 Å². The van der Waals surface area contributed by atoms with Gasteiger partial charge >= 0.3 is 0 Å². The van der Waals surface area contributed by atoms with Crippen LogP contribution < -0.4 is 5.73 Å². The molecule has 2 N–H and O–H groups in total. The van der Waals surface area contributed by atoms with Crippen molar-refractivity contribution in [3.63, 3.8) is 0 Å². The molecular formula is C14H18F2N2O. The van der Waals surface area contributed by atoms with Gasteiger partial charge in [-0.3, -0.25) is 4.79 Å². The summed E-state index contributed by atoms with van der Waals surface area (Å²) in [7, 11) is 0. The molecule has 0 radical (unpaired) electrons. The van der Waals surface area contributed by atoms with Crippen molar-refractivity contribution in [1.29, 1.82) is 0 Å². The van der Waals surface area contributed by atoms with E-state index in [1.165, 1.54) is 0 Å². The number of carbonyl (C=O) groups is 1. The van der Waals surface area contributed by atoms with Gasteiger partial charge in [-0.1, -0.05) is 0 Å². The number of amides is 1. The maximum Gasteiger partial charge on any atom is 0.257 e. The van der Waals surface area contributed by atoms with Crippen LogP contribution in [0.1, 0.15) is 37.0 Å². The van der Waals surface area contributed by atoms with E-state index in [0.717, 1.165) is 18.2 Å². The molecule has 1 aromatic carbocycles. The van der Waals surface area contributed by atoms with Crippen molar-refractivity contribution < 1.29 is 13.6 Å². The Hall–Kier alpha value is -1.49. The second-order valence-electron chi connectivity index (χ2n) is 5.65. The molecule has 0 aliphatic carbocycles. The lowest BCUT2D eigenvalue weighted by molar-refractivity contribution is 0.0395. The first-order valence-corrected chi connectivity index (χ1v) is 6.34. The number of likely N-dealkylation sites (tertiary alicyclic amines) is 1. The Kier molecular flexibility index (Phi) is 3.58. The summed E-state index contributed by atoms with van der Waals surface area (Å²) in [5.74, 6) is -1.79. The maximum atomic E-state index is 13.7. The second-order valence-corrected chi connectivity index (χ2v) is 5.65. The zero-order valence-electron chi connectivity index (χ0n) is 11.1. The van der Waals surface area contributed by atoms with Crippen molar-refractivity contribution in [2.24, 2.45) is 5.73 Å². The predicted molar refractivity (Wildman–Crippen MR) is 68.7 cm³/mol. The summed E-state index contributed by atoms with van der Waals surface area (Å²) in [5.41, 5.74) is 5.22. The topological polar surface area (TPSA) is 46.3 Å². The first-order valence-electron chi connectivity index (χ1n) is 6.34. The number of benzene rings is 1. The maximum absolute atomic E-state index is 13.7. The monoisotopic (exact) mass is 268 g/mol. The lowest BCUT2D eigenvalue weighted by atomic mass is 9.87.